The van der Waals surface area contributed by atoms with Gasteiger partial charge in [-0.05, 0) is 56.0 Å². The number of hydrogen-bond acceptors (Lipinski definition) is 7. The molecule has 0 spiro atoms. The zero-order valence-electron chi connectivity index (χ0n) is 23.2. The van der Waals surface area contributed by atoms with Gasteiger partial charge in [-0.2, -0.15) is 5.10 Å². The highest BCUT2D eigenvalue weighted by Crippen LogP contribution is 2.42. The molecule has 1 unspecified atom stereocenters. The summed E-state index contributed by atoms with van der Waals surface area (Å²) >= 11 is 0. The molecule has 0 saturated carbocycles. The van der Waals surface area contributed by atoms with Crippen molar-refractivity contribution in [2.24, 2.45) is 7.05 Å². The number of carbonyl (C=O) groups excluding carboxylic acids is 1. The van der Waals surface area contributed by atoms with E-state index in [1.165, 1.54) is 12.4 Å². The summed E-state index contributed by atoms with van der Waals surface area (Å²) in [7, 11) is 1.98. The third-order valence-corrected chi connectivity index (χ3v) is 7.66. The largest absolute Gasteiger partial charge is 0.439 e. The molecule has 1 aliphatic heterocycles. The number of hydrogen-bond donors (Lipinski definition) is 1. The maximum Gasteiger partial charge on any atom is 0.245 e. The second-order valence-electron chi connectivity index (χ2n) is 10.3. The summed E-state index contributed by atoms with van der Waals surface area (Å²) in [5.74, 6) is 1.63. The molecule has 10 heteroatoms. The van der Waals surface area contributed by atoms with Crippen LogP contribution in [0, 0.1) is 6.92 Å². The van der Waals surface area contributed by atoms with Crippen LogP contribution >= 0.6 is 0 Å². The molecule has 0 radical (unpaired) electrons. The van der Waals surface area contributed by atoms with Gasteiger partial charge in [-0.25, -0.2) is 15.0 Å². The number of carbonyl (C=O) groups is 1. The number of aromatic nitrogens is 6. The van der Waals surface area contributed by atoms with Crippen molar-refractivity contribution in [2.45, 2.75) is 32.2 Å². The van der Waals surface area contributed by atoms with Crippen LogP contribution in [-0.4, -0.2) is 53.2 Å². The van der Waals surface area contributed by atoms with Gasteiger partial charge in [0, 0.05) is 49.2 Å². The predicted molar refractivity (Wildman–Crippen MR) is 158 cm³/mol. The summed E-state index contributed by atoms with van der Waals surface area (Å²) in [5.41, 5.74) is 11.9. The summed E-state index contributed by atoms with van der Waals surface area (Å²) in [4.78, 5) is 27.3. The van der Waals surface area contributed by atoms with Gasteiger partial charge in [-0.3, -0.25) is 9.48 Å². The molecule has 6 rings (SSSR count). The third-order valence-electron chi connectivity index (χ3n) is 7.66. The first-order chi connectivity index (χ1) is 19.9. The SMILES string of the molecule is C=CC(=O)N1CCCC(n2cc(-c3c(-c4ccc(Oc5cccc(C)n5)cc4)c4c(N)ncnc4n3C)cn2)CC1. The van der Waals surface area contributed by atoms with Gasteiger partial charge in [-0.15, -0.1) is 0 Å². The molecule has 208 valence electrons. The average Bonchev–Trinajstić information content (AvgIpc) is 3.47. The van der Waals surface area contributed by atoms with Crippen molar-refractivity contribution in [2.75, 3.05) is 18.8 Å². The Labute approximate surface area is 238 Å². The highest BCUT2D eigenvalue weighted by Gasteiger charge is 2.25. The van der Waals surface area contributed by atoms with Gasteiger partial charge in [0.15, 0.2) is 0 Å². The van der Waals surface area contributed by atoms with E-state index in [2.05, 4.69) is 27.7 Å². The van der Waals surface area contributed by atoms with Crippen LogP contribution in [0.3, 0.4) is 0 Å². The van der Waals surface area contributed by atoms with Crippen molar-refractivity contribution >= 4 is 22.8 Å². The summed E-state index contributed by atoms with van der Waals surface area (Å²) < 4.78 is 10.1. The van der Waals surface area contributed by atoms with Crippen LogP contribution < -0.4 is 10.5 Å². The van der Waals surface area contributed by atoms with Crippen LogP contribution in [-0.2, 0) is 11.8 Å². The molecule has 10 nitrogen and oxygen atoms in total. The molecule has 1 aliphatic rings. The highest BCUT2D eigenvalue weighted by molar-refractivity contribution is 6.07. The van der Waals surface area contributed by atoms with Crippen molar-refractivity contribution in [3.8, 4) is 34.0 Å². The summed E-state index contributed by atoms with van der Waals surface area (Å²) in [5, 5.41) is 5.56. The summed E-state index contributed by atoms with van der Waals surface area (Å²) in [6.07, 6.45) is 9.54. The van der Waals surface area contributed by atoms with Gasteiger partial charge in [0.25, 0.3) is 0 Å². The fourth-order valence-electron chi connectivity index (χ4n) is 5.63. The molecule has 5 heterocycles. The third kappa shape index (κ3) is 5.04. The molecule has 4 aromatic heterocycles. The molecule has 5 aromatic rings. The Bertz CT molecular complexity index is 1740. The van der Waals surface area contributed by atoms with Crippen molar-refractivity contribution in [1.29, 1.82) is 0 Å². The number of benzene rings is 1. The summed E-state index contributed by atoms with van der Waals surface area (Å²) in [6.45, 7) is 6.98. The molecule has 1 saturated heterocycles. The predicted octanol–water partition coefficient (Wildman–Crippen LogP) is 5.32. The van der Waals surface area contributed by atoms with Crippen molar-refractivity contribution in [3.05, 3.63) is 79.5 Å². The van der Waals surface area contributed by atoms with Crippen LogP contribution in [0.25, 0.3) is 33.4 Å². The van der Waals surface area contributed by atoms with Gasteiger partial charge in [0.1, 0.15) is 23.5 Å². The van der Waals surface area contributed by atoms with E-state index in [1.807, 2.05) is 76.8 Å². The minimum Gasteiger partial charge on any atom is -0.439 e. The Kier molecular flexibility index (Phi) is 6.96. The van der Waals surface area contributed by atoms with E-state index >= 15 is 0 Å². The Morgan fingerprint density at radius 1 is 1.10 bits per heavy atom. The van der Waals surface area contributed by atoms with Crippen molar-refractivity contribution < 1.29 is 9.53 Å². The van der Waals surface area contributed by atoms with Crippen molar-refractivity contribution in [3.63, 3.8) is 0 Å². The smallest absolute Gasteiger partial charge is 0.245 e. The number of nitrogen functional groups attached to an aromatic ring is 1. The monoisotopic (exact) mass is 548 g/mol. The topological polar surface area (TPSA) is 117 Å². The number of ether oxygens (including phenoxy) is 1. The number of anilines is 1. The molecule has 2 N–H and O–H groups in total. The lowest BCUT2D eigenvalue weighted by atomic mass is 10.00. The van der Waals surface area contributed by atoms with Crippen LogP contribution in [0.5, 0.6) is 11.6 Å². The van der Waals surface area contributed by atoms with E-state index in [9.17, 15) is 4.79 Å². The first-order valence-corrected chi connectivity index (χ1v) is 13.7. The van der Waals surface area contributed by atoms with Gasteiger partial charge < -0.3 is 19.9 Å². The number of pyridine rings is 1. The fourth-order valence-corrected chi connectivity index (χ4v) is 5.63. The fraction of sp³-hybridized carbons (Fsp3) is 0.258. The molecular formula is C31H32N8O2. The van der Waals surface area contributed by atoms with E-state index < -0.39 is 0 Å². The average molecular weight is 549 g/mol. The number of amides is 1. The molecule has 0 aliphatic carbocycles. The van der Waals surface area contributed by atoms with Gasteiger partial charge >= 0.3 is 0 Å². The number of rotatable bonds is 6. The molecule has 0 bridgehead atoms. The number of nitrogens with zero attached hydrogens (tertiary/aromatic N) is 7. The lowest BCUT2D eigenvalue weighted by Gasteiger charge is -2.18. The number of aryl methyl sites for hydroxylation is 2. The summed E-state index contributed by atoms with van der Waals surface area (Å²) in [6, 6.07) is 13.8. The highest BCUT2D eigenvalue weighted by atomic mass is 16.5. The lowest BCUT2D eigenvalue weighted by Crippen LogP contribution is -2.30. The Balaban J connectivity index is 1.36. The minimum absolute atomic E-state index is 0.0165. The van der Waals surface area contributed by atoms with Crippen LogP contribution in [0.2, 0.25) is 0 Å². The second-order valence-corrected chi connectivity index (χ2v) is 10.3. The van der Waals surface area contributed by atoms with Crippen LogP contribution in [0.1, 0.15) is 31.0 Å². The first kappa shape index (κ1) is 26.2. The minimum atomic E-state index is -0.0165. The molecule has 1 atom stereocenters. The van der Waals surface area contributed by atoms with Crippen LogP contribution in [0.15, 0.2) is 73.8 Å². The zero-order valence-corrected chi connectivity index (χ0v) is 23.2. The number of fused-ring (bicyclic) bond motifs is 1. The maximum atomic E-state index is 12.2. The molecule has 1 fully saturated rings. The van der Waals surface area contributed by atoms with E-state index in [0.29, 0.717) is 24.0 Å². The Morgan fingerprint density at radius 3 is 2.71 bits per heavy atom. The van der Waals surface area contributed by atoms with E-state index in [4.69, 9.17) is 15.6 Å². The van der Waals surface area contributed by atoms with Crippen LogP contribution in [0.4, 0.5) is 5.82 Å². The van der Waals surface area contributed by atoms with Crippen molar-refractivity contribution in [1.82, 2.24) is 34.2 Å². The zero-order chi connectivity index (χ0) is 28.5. The standard InChI is InChI=1S/C31H32N8O2/c1-4-26(40)38-15-6-8-23(14-16-38)39-18-22(17-35-39)29-27(28-30(32)33-19-34-31(28)37(29)3)21-10-12-24(13-11-21)41-25-9-5-7-20(2)36-25/h4-5,7,9-13,17-19,23H,1,6,8,14-16H2,2-3H3,(H2,32,33,34). The number of nitrogens with two attached hydrogens (primary N) is 1. The molecule has 1 amide bonds. The second kappa shape index (κ2) is 10.9. The Morgan fingerprint density at radius 2 is 1.93 bits per heavy atom. The normalized spacial score (nSPS) is 15.6. The first-order valence-electron chi connectivity index (χ1n) is 13.7. The lowest BCUT2D eigenvalue weighted by molar-refractivity contribution is -0.125. The molecular weight excluding hydrogens is 516 g/mol. The quantitative estimate of drug-likeness (QED) is 0.286. The van der Waals surface area contributed by atoms with E-state index in [0.717, 1.165) is 64.9 Å². The molecule has 41 heavy (non-hydrogen) atoms. The Hall–Kier alpha value is -4.99. The van der Waals surface area contributed by atoms with Gasteiger partial charge in [-0.1, -0.05) is 24.8 Å². The number of likely N-dealkylation sites (tertiary alicyclic amines) is 1. The van der Waals surface area contributed by atoms with Gasteiger partial charge in [0.2, 0.25) is 11.8 Å². The van der Waals surface area contributed by atoms with Gasteiger partial charge in [0.05, 0.1) is 23.3 Å². The van der Waals surface area contributed by atoms with E-state index in [1.54, 1.807) is 0 Å². The molecule has 1 aromatic carbocycles. The maximum absolute atomic E-state index is 12.2. The van der Waals surface area contributed by atoms with E-state index in [-0.39, 0.29) is 11.9 Å².